The highest BCUT2D eigenvalue weighted by Gasteiger charge is 2.30. The van der Waals surface area contributed by atoms with Crippen LogP contribution in [0.15, 0.2) is 67.0 Å². The third-order valence-electron chi connectivity index (χ3n) is 4.61. The van der Waals surface area contributed by atoms with Crippen molar-refractivity contribution in [3.8, 4) is 0 Å². The Kier molecular flexibility index (Phi) is 7.20. The van der Waals surface area contributed by atoms with Gasteiger partial charge in [0.1, 0.15) is 6.04 Å². The molecule has 0 aliphatic rings. The van der Waals surface area contributed by atoms with Crippen molar-refractivity contribution in [3.05, 3.63) is 88.2 Å². The molecule has 1 atom stereocenters. The van der Waals surface area contributed by atoms with Gasteiger partial charge >= 0.3 is 0 Å². The Morgan fingerprint density at radius 3 is 2.26 bits per heavy atom. The summed E-state index contributed by atoms with van der Waals surface area (Å²) in [5.74, 6) is -0.497. The Bertz CT molecular complexity index is 1170. The number of rotatable bonds is 7. The van der Waals surface area contributed by atoms with Crippen LogP contribution in [0, 0.1) is 0 Å². The highest BCUT2D eigenvalue weighted by atomic mass is 35.5. The third-order valence-corrected chi connectivity index (χ3v) is 6.40. The largest absolute Gasteiger partial charge is 0.324 e. The summed E-state index contributed by atoms with van der Waals surface area (Å²) >= 11 is 12.2. The van der Waals surface area contributed by atoms with Crippen LogP contribution in [0.25, 0.3) is 0 Å². The number of amides is 1. The fraction of sp³-hybridized carbons (Fsp3) is 0.182. The minimum atomic E-state index is -3.81. The van der Waals surface area contributed by atoms with Crippen molar-refractivity contribution in [2.45, 2.75) is 19.4 Å². The molecule has 2 aromatic carbocycles. The zero-order valence-electron chi connectivity index (χ0n) is 16.9. The lowest BCUT2D eigenvalue weighted by molar-refractivity contribution is -0.116. The number of carbonyl (C=O) groups is 1. The topological polar surface area (TPSA) is 79.4 Å². The van der Waals surface area contributed by atoms with E-state index < -0.39 is 22.0 Å². The number of sulfonamides is 1. The molecule has 0 bridgehead atoms. The van der Waals surface area contributed by atoms with Crippen molar-refractivity contribution in [2.75, 3.05) is 15.9 Å². The van der Waals surface area contributed by atoms with Gasteiger partial charge in [0.05, 0.1) is 17.0 Å². The van der Waals surface area contributed by atoms with Crippen LogP contribution >= 0.6 is 23.2 Å². The van der Waals surface area contributed by atoms with E-state index in [4.69, 9.17) is 23.2 Å². The SMILES string of the molecule is C[C@H](C(=O)Nc1ccc(Cc2ccncc2)cc1)N(c1cc(Cl)ccc1Cl)S(C)(=O)=O. The molecule has 0 fully saturated rings. The summed E-state index contributed by atoms with van der Waals surface area (Å²) < 4.78 is 25.9. The maximum absolute atomic E-state index is 12.8. The molecule has 1 amide bonds. The fourth-order valence-corrected chi connectivity index (χ4v) is 4.73. The number of nitrogens with zero attached hydrogens (tertiary/aromatic N) is 2. The van der Waals surface area contributed by atoms with Crippen LogP contribution in [-0.4, -0.2) is 31.6 Å². The number of nitrogens with one attached hydrogen (secondary N) is 1. The second-order valence-electron chi connectivity index (χ2n) is 7.05. The van der Waals surface area contributed by atoms with E-state index in [0.29, 0.717) is 10.7 Å². The molecular formula is C22H21Cl2N3O3S. The molecule has 1 N–H and O–H groups in total. The quantitative estimate of drug-likeness (QED) is 0.531. The first-order valence-corrected chi connectivity index (χ1v) is 12.0. The van der Waals surface area contributed by atoms with Crippen molar-refractivity contribution in [2.24, 2.45) is 0 Å². The summed E-state index contributed by atoms with van der Waals surface area (Å²) in [5, 5.41) is 3.24. The van der Waals surface area contributed by atoms with E-state index in [1.807, 2.05) is 24.3 Å². The first-order chi connectivity index (χ1) is 14.6. The van der Waals surface area contributed by atoms with Gasteiger partial charge in [0, 0.05) is 23.1 Å². The van der Waals surface area contributed by atoms with Crippen molar-refractivity contribution in [1.29, 1.82) is 0 Å². The first-order valence-electron chi connectivity index (χ1n) is 9.38. The Hall–Kier alpha value is -2.61. The van der Waals surface area contributed by atoms with Gasteiger partial charge in [-0.1, -0.05) is 35.3 Å². The van der Waals surface area contributed by atoms with Gasteiger partial charge in [0.2, 0.25) is 15.9 Å². The Morgan fingerprint density at radius 1 is 1.03 bits per heavy atom. The zero-order valence-corrected chi connectivity index (χ0v) is 19.2. The van der Waals surface area contributed by atoms with E-state index in [-0.39, 0.29) is 10.7 Å². The predicted octanol–water partition coefficient (Wildman–Crippen LogP) is 4.77. The normalized spacial score (nSPS) is 12.3. The van der Waals surface area contributed by atoms with Crippen LogP contribution in [0.1, 0.15) is 18.1 Å². The van der Waals surface area contributed by atoms with E-state index in [9.17, 15) is 13.2 Å². The molecule has 0 aliphatic heterocycles. The van der Waals surface area contributed by atoms with Crippen molar-refractivity contribution in [3.63, 3.8) is 0 Å². The smallest absolute Gasteiger partial charge is 0.247 e. The molecule has 0 saturated carbocycles. The number of anilines is 2. The maximum Gasteiger partial charge on any atom is 0.247 e. The number of benzene rings is 2. The minimum absolute atomic E-state index is 0.145. The van der Waals surface area contributed by atoms with Crippen LogP contribution in [0.2, 0.25) is 10.0 Å². The number of aromatic nitrogens is 1. The molecule has 9 heteroatoms. The second-order valence-corrected chi connectivity index (χ2v) is 9.75. The molecular weight excluding hydrogens is 457 g/mol. The summed E-state index contributed by atoms with van der Waals surface area (Å²) in [4.78, 5) is 16.8. The van der Waals surface area contributed by atoms with Crippen LogP contribution in [0.5, 0.6) is 0 Å². The molecule has 6 nitrogen and oxygen atoms in total. The molecule has 0 unspecified atom stereocenters. The average Bonchev–Trinajstić information content (AvgIpc) is 2.72. The van der Waals surface area contributed by atoms with Crippen molar-refractivity contribution < 1.29 is 13.2 Å². The lowest BCUT2D eigenvalue weighted by Gasteiger charge is -2.29. The van der Waals surface area contributed by atoms with E-state index in [1.54, 1.807) is 30.6 Å². The Labute approximate surface area is 191 Å². The summed E-state index contributed by atoms with van der Waals surface area (Å²) in [6, 6.07) is 14.7. The number of pyridine rings is 1. The molecule has 31 heavy (non-hydrogen) atoms. The molecule has 0 radical (unpaired) electrons. The number of carbonyl (C=O) groups excluding carboxylic acids is 1. The number of hydrogen-bond donors (Lipinski definition) is 1. The molecule has 1 heterocycles. The summed E-state index contributed by atoms with van der Waals surface area (Å²) in [5.41, 5.74) is 2.90. The predicted molar refractivity (Wildman–Crippen MR) is 125 cm³/mol. The lowest BCUT2D eigenvalue weighted by atomic mass is 10.1. The fourth-order valence-electron chi connectivity index (χ4n) is 3.12. The van der Waals surface area contributed by atoms with Gasteiger partial charge in [0.15, 0.2) is 0 Å². The third kappa shape index (κ3) is 5.97. The Balaban J connectivity index is 1.77. The van der Waals surface area contributed by atoms with Gasteiger partial charge in [-0.2, -0.15) is 0 Å². The number of halogens is 2. The summed E-state index contributed by atoms with van der Waals surface area (Å²) in [7, 11) is -3.81. The molecule has 0 saturated heterocycles. The summed E-state index contributed by atoms with van der Waals surface area (Å²) in [6.45, 7) is 1.49. The van der Waals surface area contributed by atoms with Crippen molar-refractivity contribution >= 4 is 50.5 Å². The molecule has 162 valence electrons. The Morgan fingerprint density at radius 2 is 1.65 bits per heavy atom. The first kappa shape index (κ1) is 23.1. The van der Waals surface area contributed by atoms with E-state index in [0.717, 1.165) is 28.1 Å². The maximum atomic E-state index is 12.8. The van der Waals surface area contributed by atoms with Gasteiger partial charge < -0.3 is 5.32 Å². The zero-order chi connectivity index (χ0) is 22.6. The van der Waals surface area contributed by atoms with Gasteiger partial charge in [0.25, 0.3) is 0 Å². The van der Waals surface area contributed by atoms with E-state index >= 15 is 0 Å². The van der Waals surface area contributed by atoms with E-state index in [1.165, 1.54) is 19.1 Å². The second kappa shape index (κ2) is 9.68. The van der Waals surface area contributed by atoms with Crippen LogP contribution in [0.4, 0.5) is 11.4 Å². The molecule has 1 aromatic heterocycles. The highest BCUT2D eigenvalue weighted by molar-refractivity contribution is 7.92. The summed E-state index contributed by atoms with van der Waals surface area (Å²) in [6.07, 6.45) is 5.24. The molecule has 0 spiro atoms. The van der Waals surface area contributed by atoms with Gasteiger partial charge in [-0.3, -0.25) is 14.1 Å². The van der Waals surface area contributed by atoms with Gasteiger partial charge in [-0.15, -0.1) is 0 Å². The van der Waals surface area contributed by atoms with Crippen molar-refractivity contribution in [1.82, 2.24) is 4.98 Å². The minimum Gasteiger partial charge on any atom is -0.324 e. The molecule has 0 aliphatic carbocycles. The van der Waals surface area contributed by atoms with Crippen LogP contribution in [0.3, 0.4) is 0 Å². The van der Waals surface area contributed by atoms with Crippen LogP contribution < -0.4 is 9.62 Å². The van der Waals surface area contributed by atoms with E-state index in [2.05, 4.69) is 10.3 Å². The standard InChI is InChI=1S/C22H21Cl2N3O3S/c1-15(27(31(2,29)30)21-14-18(23)5-8-20(21)24)22(28)26-19-6-3-16(4-7-19)13-17-9-11-25-12-10-17/h3-12,14-15H,13H2,1-2H3,(H,26,28)/t15-/m1/s1. The average molecular weight is 478 g/mol. The number of hydrogen-bond acceptors (Lipinski definition) is 4. The molecule has 3 rings (SSSR count). The van der Waals surface area contributed by atoms with Gasteiger partial charge in [-0.05, 0) is 66.9 Å². The lowest BCUT2D eigenvalue weighted by Crippen LogP contribution is -2.45. The molecule has 3 aromatic rings. The monoisotopic (exact) mass is 477 g/mol. The van der Waals surface area contributed by atoms with Crippen LogP contribution in [-0.2, 0) is 21.2 Å². The van der Waals surface area contributed by atoms with Gasteiger partial charge in [-0.25, -0.2) is 8.42 Å². The highest BCUT2D eigenvalue weighted by Crippen LogP contribution is 2.32.